The van der Waals surface area contributed by atoms with Gasteiger partial charge in [-0.3, -0.25) is 14.2 Å². The Hall–Kier alpha value is -2.42. The third kappa shape index (κ3) is 4.92. The molecule has 166 valence electrons. The van der Waals surface area contributed by atoms with Crippen LogP contribution < -0.4 is 5.56 Å². The van der Waals surface area contributed by atoms with E-state index < -0.39 is 0 Å². The molecule has 0 saturated carbocycles. The summed E-state index contributed by atoms with van der Waals surface area (Å²) in [6, 6.07) is 8.99. The molecule has 0 fully saturated rings. The number of hydrogen-bond acceptors (Lipinski definition) is 6. The molecule has 31 heavy (non-hydrogen) atoms. The van der Waals surface area contributed by atoms with Gasteiger partial charge in [-0.25, -0.2) is 4.98 Å². The number of benzene rings is 1. The molecule has 0 N–H and O–H groups in total. The molecule has 1 atom stereocenters. The fourth-order valence-corrected chi connectivity index (χ4v) is 4.73. The molecule has 3 aromatic rings. The average molecular weight is 444 g/mol. The molecule has 2 heterocycles. The molecule has 2 aromatic heterocycles. The van der Waals surface area contributed by atoms with Crippen molar-refractivity contribution < 1.29 is 14.3 Å². The van der Waals surface area contributed by atoms with Gasteiger partial charge >= 0.3 is 0 Å². The highest BCUT2D eigenvalue weighted by atomic mass is 32.2. The van der Waals surface area contributed by atoms with Crippen LogP contribution in [0.4, 0.5) is 0 Å². The number of aryl methyl sites for hydroxylation is 1. The van der Waals surface area contributed by atoms with Gasteiger partial charge in [-0.05, 0) is 39.0 Å². The lowest BCUT2D eigenvalue weighted by atomic mass is 10.2. The lowest BCUT2D eigenvalue weighted by Crippen LogP contribution is -2.28. The second-order valence-corrected chi connectivity index (χ2v) is 8.47. The van der Waals surface area contributed by atoms with E-state index in [0.29, 0.717) is 41.4 Å². The molecule has 1 aromatic carbocycles. The minimum atomic E-state index is -0.202. The molecular formula is C23H29N3O4S. The molecule has 0 aliphatic heterocycles. The number of aromatic nitrogens is 3. The van der Waals surface area contributed by atoms with E-state index in [4.69, 9.17) is 9.47 Å². The second-order valence-electron chi connectivity index (χ2n) is 7.53. The minimum absolute atomic E-state index is 0.00937. The van der Waals surface area contributed by atoms with Crippen molar-refractivity contribution in [3.05, 3.63) is 57.6 Å². The Morgan fingerprint density at radius 2 is 1.94 bits per heavy atom. The molecule has 7 nitrogen and oxygen atoms in total. The van der Waals surface area contributed by atoms with Crippen molar-refractivity contribution in [2.75, 3.05) is 33.2 Å². The van der Waals surface area contributed by atoms with Crippen LogP contribution in [0, 0.1) is 13.8 Å². The second kappa shape index (κ2) is 10.3. The van der Waals surface area contributed by atoms with E-state index in [1.807, 2.05) is 45.0 Å². The van der Waals surface area contributed by atoms with Crippen molar-refractivity contribution in [1.29, 1.82) is 0 Å². The van der Waals surface area contributed by atoms with Crippen LogP contribution in [0.15, 0.2) is 40.3 Å². The molecule has 0 aliphatic rings. The average Bonchev–Trinajstić information content (AvgIpc) is 3.04. The third-order valence-corrected chi connectivity index (χ3v) is 6.30. The largest absolute Gasteiger partial charge is 0.383 e. The number of ketones is 1. The summed E-state index contributed by atoms with van der Waals surface area (Å²) < 4.78 is 14.2. The van der Waals surface area contributed by atoms with Crippen molar-refractivity contribution in [2.24, 2.45) is 0 Å². The lowest BCUT2D eigenvalue weighted by Gasteiger charge is -2.18. The van der Waals surface area contributed by atoms with Crippen LogP contribution in [-0.2, 0) is 16.0 Å². The molecule has 0 radical (unpaired) electrons. The quantitative estimate of drug-likeness (QED) is 0.271. The number of para-hydroxylation sites is 1. The first-order valence-electron chi connectivity index (χ1n) is 10.2. The van der Waals surface area contributed by atoms with Gasteiger partial charge in [-0.2, -0.15) is 0 Å². The van der Waals surface area contributed by atoms with Crippen LogP contribution in [0.25, 0.3) is 10.9 Å². The summed E-state index contributed by atoms with van der Waals surface area (Å²) in [4.78, 5) is 30.9. The Morgan fingerprint density at radius 3 is 2.65 bits per heavy atom. The van der Waals surface area contributed by atoms with Crippen LogP contribution in [0.5, 0.6) is 0 Å². The summed E-state index contributed by atoms with van der Waals surface area (Å²) in [6.07, 6.45) is 0. The maximum atomic E-state index is 13.1. The number of fused-ring (bicyclic) bond motifs is 1. The maximum absolute atomic E-state index is 13.1. The Bertz CT molecular complexity index is 1140. The molecule has 0 aliphatic carbocycles. The monoisotopic (exact) mass is 443 g/mol. The Labute approximate surface area is 186 Å². The number of rotatable bonds is 10. The first-order chi connectivity index (χ1) is 14.9. The SMILES string of the molecule is COCCn1c(C)cc(C(=O)CSc2nc3ccccc3c(=O)n2[C@H](C)COC)c1C. The zero-order valence-corrected chi connectivity index (χ0v) is 19.5. The molecule has 8 heteroatoms. The van der Waals surface area contributed by atoms with Crippen molar-refractivity contribution in [3.63, 3.8) is 0 Å². The van der Waals surface area contributed by atoms with Crippen LogP contribution in [0.1, 0.15) is 34.7 Å². The summed E-state index contributed by atoms with van der Waals surface area (Å²) in [5.41, 5.74) is 3.15. The number of Topliss-reactive ketones (excluding diaryl/α,β-unsaturated/α-hetero) is 1. The summed E-state index contributed by atoms with van der Waals surface area (Å²) >= 11 is 1.29. The number of methoxy groups -OCH3 is 2. The fraction of sp³-hybridized carbons (Fsp3) is 0.435. The highest BCUT2D eigenvalue weighted by Crippen LogP contribution is 2.24. The summed E-state index contributed by atoms with van der Waals surface area (Å²) in [5, 5.41) is 1.08. The van der Waals surface area contributed by atoms with Crippen LogP contribution in [0.2, 0.25) is 0 Å². The minimum Gasteiger partial charge on any atom is -0.383 e. The van der Waals surface area contributed by atoms with Crippen molar-refractivity contribution >= 4 is 28.4 Å². The van der Waals surface area contributed by atoms with Gasteiger partial charge in [0.1, 0.15) is 0 Å². The van der Waals surface area contributed by atoms with Crippen LogP contribution in [-0.4, -0.2) is 53.1 Å². The number of ether oxygens (including phenoxy) is 2. The van der Waals surface area contributed by atoms with Gasteiger partial charge in [0.2, 0.25) is 0 Å². The van der Waals surface area contributed by atoms with Crippen LogP contribution >= 0.6 is 11.8 Å². The van der Waals surface area contributed by atoms with Gasteiger partial charge in [0.15, 0.2) is 10.9 Å². The third-order valence-electron chi connectivity index (χ3n) is 5.35. The first-order valence-corrected chi connectivity index (χ1v) is 11.2. The van der Waals surface area contributed by atoms with E-state index in [9.17, 15) is 9.59 Å². The van der Waals surface area contributed by atoms with Gasteiger partial charge < -0.3 is 14.0 Å². The smallest absolute Gasteiger partial charge is 0.262 e. The van der Waals surface area contributed by atoms with Gasteiger partial charge in [-0.1, -0.05) is 23.9 Å². The van der Waals surface area contributed by atoms with E-state index in [2.05, 4.69) is 9.55 Å². The standard InChI is InChI=1S/C23H29N3O4S/c1-15-12-19(17(3)25(15)10-11-29-4)21(27)14-31-23-24-20-9-7-6-8-18(20)22(28)26(23)16(2)13-30-5/h6-9,12,16H,10-11,13-14H2,1-5H3/t16-/m1/s1. The predicted octanol–water partition coefficient (Wildman–Crippen LogP) is 3.64. The predicted molar refractivity (Wildman–Crippen MR) is 123 cm³/mol. The van der Waals surface area contributed by atoms with E-state index in [0.717, 1.165) is 11.4 Å². The van der Waals surface area contributed by atoms with Crippen LogP contribution in [0.3, 0.4) is 0 Å². The maximum Gasteiger partial charge on any atom is 0.262 e. The molecule has 0 saturated heterocycles. The number of thioether (sulfide) groups is 1. The molecule has 0 amide bonds. The molecule has 0 unspecified atom stereocenters. The lowest BCUT2D eigenvalue weighted by molar-refractivity contribution is 0.102. The van der Waals surface area contributed by atoms with E-state index in [1.54, 1.807) is 24.9 Å². The number of nitrogens with zero attached hydrogens (tertiary/aromatic N) is 3. The Morgan fingerprint density at radius 1 is 1.19 bits per heavy atom. The Balaban J connectivity index is 1.91. The van der Waals surface area contributed by atoms with Gasteiger partial charge in [0.25, 0.3) is 5.56 Å². The Kier molecular flexibility index (Phi) is 7.69. The number of carbonyl (C=O) groups excluding carboxylic acids is 1. The molecule has 0 spiro atoms. The topological polar surface area (TPSA) is 75.4 Å². The number of carbonyl (C=O) groups is 1. The van der Waals surface area contributed by atoms with E-state index in [-0.39, 0.29) is 23.1 Å². The first kappa shape index (κ1) is 23.2. The highest BCUT2D eigenvalue weighted by Gasteiger charge is 2.20. The van der Waals surface area contributed by atoms with Gasteiger partial charge in [0.05, 0.1) is 35.9 Å². The molecule has 3 rings (SSSR count). The zero-order valence-electron chi connectivity index (χ0n) is 18.7. The van der Waals surface area contributed by atoms with Crippen molar-refractivity contribution in [2.45, 2.75) is 38.5 Å². The fourth-order valence-electron chi connectivity index (χ4n) is 3.75. The van der Waals surface area contributed by atoms with Gasteiger partial charge in [-0.15, -0.1) is 0 Å². The molecule has 0 bridgehead atoms. The van der Waals surface area contributed by atoms with Crippen molar-refractivity contribution in [1.82, 2.24) is 14.1 Å². The summed E-state index contributed by atoms with van der Waals surface area (Å²) in [6.45, 7) is 7.52. The summed E-state index contributed by atoms with van der Waals surface area (Å²) in [5.74, 6) is 0.203. The number of hydrogen-bond donors (Lipinski definition) is 0. The van der Waals surface area contributed by atoms with Gasteiger partial charge in [0, 0.05) is 37.7 Å². The summed E-state index contributed by atoms with van der Waals surface area (Å²) in [7, 11) is 3.27. The normalized spacial score (nSPS) is 12.4. The zero-order chi connectivity index (χ0) is 22.5. The highest BCUT2D eigenvalue weighted by molar-refractivity contribution is 7.99. The molecular weight excluding hydrogens is 414 g/mol. The van der Waals surface area contributed by atoms with E-state index in [1.165, 1.54) is 11.8 Å². The van der Waals surface area contributed by atoms with E-state index >= 15 is 0 Å². The van der Waals surface area contributed by atoms with Crippen molar-refractivity contribution in [3.8, 4) is 0 Å².